The summed E-state index contributed by atoms with van der Waals surface area (Å²) in [6.45, 7) is 0. The first-order valence-corrected chi connectivity index (χ1v) is 6.70. The number of hydrogen-bond acceptors (Lipinski definition) is 5. The highest BCUT2D eigenvalue weighted by molar-refractivity contribution is 7.99. The molecule has 0 amide bonds. The highest BCUT2D eigenvalue weighted by Gasteiger charge is 2.14. The Hall–Kier alpha value is -2.08. The number of Topliss-reactive ketones (excluding diaryl/α,β-unsaturated/α-hetero) is 1. The van der Waals surface area contributed by atoms with Gasteiger partial charge in [0.25, 0.3) is 0 Å². The van der Waals surface area contributed by atoms with Crippen molar-refractivity contribution in [2.75, 3.05) is 5.75 Å². The number of ketones is 1. The molecule has 0 spiro atoms. The third-order valence-electron chi connectivity index (χ3n) is 2.78. The highest BCUT2D eigenvalue weighted by Crippen LogP contribution is 2.23. The van der Waals surface area contributed by atoms with Crippen molar-refractivity contribution in [2.45, 2.75) is 5.16 Å². The molecule has 0 N–H and O–H groups in total. The Labute approximate surface area is 113 Å². The van der Waals surface area contributed by atoms with Crippen molar-refractivity contribution in [3.63, 3.8) is 0 Å². The maximum atomic E-state index is 12.2. The van der Waals surface area contributed by atoms with E-state index in [1.54, 1.807) is 10.9 Å². The zero-order valence-corrected chi connectivity index (χ0v) is 11.1. The number of fused-ring (bicyclic) bond motifs is 1. The van der Waals surface area contributed by atoms with Crippen LogP contribution in [0.5, 0.6) is 0 Å². The lowest BCUT2D eigenvalue weighted by atomic mass is 10.1. The molecule has 5 nitrogen and oxygen atoms in total. The lowest BCUT2D eigenvalue weighted by Crippen LogP contribution is -2.02. The van der Waals surface area contributed by atoms with E-state index in [9.17, 15) is 4.79 Å². The van der Waals surface area contributed by atoms with Crippen LogP contribution in [0, 0.1) is 0 Å². The van der Waals surface area contributed by atoms with Crippen LogP contribution in [0.15, 0.2) is 46.4 Å². The first-order chi connectivity index (χ1) is 9.25. The summed E-state index contributed by atoms with van der Waals surface area (Å²) < 4.78 is 7.15. The Balaban J connectivity index is 1.79. The summed E-state index contributed by atoms with van der Waals surface area (Å²) in [5.41, 5.74) is 1.35. The van der Waals surface area contributed by atoms with Gasteiger partial charge in [0.1, 0.15) is 18.2 Å². The molecule has 19 heavy (non-hydrogen) atoms. The van der Waals surface area contributed by atoms with Gasteiger partial charge in [0.05, 0.1) is 11.3 Å². The topological polar surface area (TPSA) is 60.9 Å². The van der Waals surface area contributed by atoms with Crippen LogP contribution in [-0.2, 0) is 7.05 Å². The molecule has 1 aromatic carbocycles. The van der Waals surface area contributed by atoms with E-state index in [2.05, 4.69) is 10.2 Å². The molecule has 0 unspecified atom stereocenters. The first kappa shape index (κ1) is 12.0. The number of thioether (sulfide) groups is 1. The first-order valence-electron chi connectivity index (χ1n) is 5.72. The van der Waals surface area contributed by atoms with E-state index < -0.39 is 0 Å². The van der Waals surface area contributed by atoms with Gasteiger partial charge in [-0.25, -0.2) is 0 Å². The number of aromatic nitrogens is 3. The minimum atomic E-state index is 0.0259. The summed E-state index contributed by atoms with van der Waals surface area (Å²) in [7, 11) is 1.85. The van der Waals surface area contributed by atoms with Gasteiger partial charge in [-0.2, -0.15) is 0 Å². The van der Waals surface area contributed by atoms with E-state index in [0.717, 1.165) is 16.1 Å². The van der Waals surface area contributed by atoms with Gasteiger partial charge in [-0.15, -0.1) is 10.2 Å². The van der Waals surface area contributed by atoms with E-state index in [4.69, 9.17) is 4.42 Å². The van der Waals surface area contributed by atoms with Crippen LogP contribution >= 0.6 is 11.8 Å². The number of rotatable bonds is 4. The second-order valence-electron chi connectivity index (χ2n) is 4.08. The second-order valence-corrected chi connectivity index (χ2v) is 5.02. The molecule has 0 bridgehead atoms. The number of aryl methyl sites for hydroxylation is 1. The molecule has 0 saturated heterocycles. The Bertz CT molecular complexity index is 732. The van der Waals surface area contributed by atoms with E-state index in [1.165, 1.54) is 18.0 Å². The van der Waals surface area contributed by atoms with Crippen molar-refractivity contribution in [2.24, 2.45) is 7.05 Å². The van der Waals surface area contributed by atoms with E-state index >= 15 is 0 Å². The molecular formula is C13H11N3O2S. The molecule has 0 saturated carbocycles. The Morgan fingerprint density at radius 2 is 2.26 bits per heavy atom. The van der Waals surface area contributed by atoms with E-state index in [1.807, 2.05) is 31.3 Å². The van der Waals surface area contributed by atoms with Gasteiger partial charge >= 0.3 is 0 Å². The third-order valence-corrected chi connectivity index (χ3v) is 3.82. The van der Waals surface area contributed by atoms with Crippen LogP contribution in [0.25, 0.3) is 11.0 Å². The lowest BCUT2D eigenvalue weighted by Gasteiger charge is -1.99. The molecule has 2 aromatic heterocycles. The van der Waals surface area contributed by atoms with Gasteiger partial charge in [0.2, 0.25) is 0 Å². The number of benzene rings is 1. The quantitative estimate of drug-likeness (QED) is 0.540. The molecule has 6 heteroatoms. The maximum Gasteiger partial charge on any atom is 0.191 e. The van der Waals surface area contributed by atoms with E-state index in [0.29, 0.717) is 11.3 Å². The standard InChI is InChI=1S/C13H11N3O2S/c1-16-8-14-15-13(16)19-7-11(17)10-6-18-12-5-3-2-4-9(10)12/h2-6,8H,7H2,1H3. The third kappa shape index (κ3) is 2.26. The van der Waals surface area contributed by atoms with Crippen LogP contribution in [-0.4, -0.2) is 26.3 Å². The second kappa shape index (κ2) is 4.89. The maximum absolute atomic E-state index is 12.2. The van der Waals surface area contributed by atoms with Crippen molar-refractivity contribution in [1.82, 2.24) is 14.8 Å². The molecule has 2 heterocycles. The number of para-hydroxylation sites is 1. The molecule has 0 atom stereocenters. The summed E-state index contributed by atoms with van der Waals surface area (Å²) in [4.78, 5) is 12.2. The summed E-state index contributed by atoms with van der Waals surface area (Å²) in [6.07, 6.45) is 3.13. The summed E-state index contributed by atoms with van der Waals surface area (Å²) in [5, 5.41) is 9.28. The molecule has 0 fully saturated rings. The van der Waals surface area contributed by atoms with Crippen LogP contribution in [0.1, 0.15) is 10.4 Å². The summed E-state index contributed by atoms with van der Waals surface area (Å²) in [5.74, 6) is 0.341. The van der Waals surface area contributed by atoms with Gasteiger partial charge in [0.15, 0.2) is 10.9 Å². The SMILES string of the molecule is Cn1cnnc1SCC(=O)c1coc2ccccc12. The van der Waals surface area contributed by atoms with Crippen molar-refractivity contribution < 1.29 is 9.21 Å². The zero-order chi connectivity index (χ0) is 13.2. The van der Waals surface area contributed by atoms with Crippen LogP contribution < -0.4 is 0 Å². The molecule has 3 aromatic rings. The smallest absolute Gasteiger partial charge is 0.191 e. The van der Waals surface area contributed by atoms with Gasteiger partial charge in [-0.3, -0.25) is 4.79 Å². The summed E-state index contributed by atoms with van der Waals surface area (Å²) in [6, 6.07) is 7.51. The van der Waals surface area contributed by atoms with Gasteiger partial charge in [-0.1, -0.05) is 30.0 Å². The summed E-state index contributed by atoms with van der Waals surface area (Å²) >= 11 is 1.37. The molecule has 0 aliphatic carbocycles. The number of carbonyl (C=O) groups is 1. The van der Waals surface area contributed by atoms with Crippen molar-refractivity contribution in [1.29, 1.82) is 0 Å². The normalized spacial score (nSPS) is 11.0. The largest absolute Gasteiger partial charge is 0.464 e. The minimum Gasteiger partial charge on any atom is -0.464 e. The average molecular weight is 273 g/mol. The number of nitrogens with zero attached hydrogens (tertiary/aromatic N) is 3. The zero-order valence-electron chi connectivity index (χ0n) is 10.2. The Morgan fingerprint density at radius 3 is 3.05 bits per heavy atom. The fraction of sp³-hybridized carbons (Fsp3) is 0.154. The molecule has 96 valence electrons. The Kier molecular flexibility index (Phi) is 3.08. The number of carbonyl (C=O) groups excluding carboxylic acids is 1. The lowest BCUT2D eigenvalue weighted by molar-refractivity contribution is 0.102. The molecule has 0 radical (unpaired) electrons. The van der Waals surface area contributed by atoms with Gasteiger partial charge in [0, 0.05) is 12.4 Å². The van der Waals surface area contributed by atoms with Crippen LogP contribution in [0.2, 0.25) is 0 Å². The molecular weight excluding hydrogens is 262 g/mol. The highest BCUT2D eigenvalue weighted by atomic mass is 32.2. The monoisotopic (exact) mass is 273 g/mol. The van der Waals surface area contributed by atoms with Crippen LogP contribution in [0.3, 0.4) is 0 Å². The molecule has 3 rings (SSSR count). The predicted molar refractivity (Wildman–Crippen MR) is 72.3 cm³/mol. The van der Waals surface area contributed by atoms with Crippen LogP contribution in [0.4, 0.5) is 0 Å². The van der Waals surface area contributed by atoms with E-state index in [-0.39, 0.29) is 5.78 Å². The Morgan fingerprint density at radius 1 is 1.42 bits per heavy atom. The van der Waals surface area contributed by atoms with Crippen molar-refractivity contribution in [3.8, 4) is 0 Å². The fourth-order valence-electron chi connectivity index (χ4n) is 1.80. The van der Waals surface area contributed by atoms with Gasteiger partial charge in [-0.05, 0) is 6.07 Å². The van der Waals surface area contributed by atoms with Crippen molar-refractivity contribution in [3.05, 3.63) is 42.4 Å². The van der Waals surface area contributed by atoms with Crippen molar-refractivity contribution >= 4 is 28.5 Å². The fourth-order valence-corrected chi connectivity index (χ4v) is 2.58. The van der Waals surface area contributed by atoms with Gasteiger partial charge < -0.3 is 8.98 Å². The predicted octanol–water partition coefficient (Wildman–Crippen LogP) is 2.54. The average Bonchev–Trinajstić information content (AvgIpc) is 3.02. The molecule has 0 aliphatic rings. The number of furan rings is 1. The minimum absolute atomic E-state index is 0.0259. The molecule has 0 aliphatic heterocycles. The number of hydrogen-bond donors (Lipinski definition) is 0.